The van der Waals surface area contributed by atoms with Gasteiger partial charge in [0.2, 0.25) is 0 Å². The van der Waals surface area contributed by atoms with Crippen molar-refractivity contribution in [3.05, 3.63) is 27.8 Å². The Morgan fingerprint density at radius 1 is 1.27 bits per heavy atom. The number of ether oxygens (including phenoxy) is 2. The standard InChI is InChI=1S/C21H26N2O7/c1-12-3-16(23(27)28)17(29-2)5-15(12)22-18(24)10-30-19(25)20-6-13-4-14(7-20)9-21(26,8-13)11-20/h3,5,13-14,26H,4,6-11H2,1-2H3,(H,22,24). The Bertz CT molecular complexity index is 899. The molecule has 0 heterocycles. The number of hydrogen-bond donors (Lipinski definition) is 2. The summed E-state index contributed by atoms with van der Waals surface area (Å²) in [6.45, 7) is 1.18. The minimum Gasteiger partial charge on any atom is -0.490 e. The molecule has 4 aliphatic rings. The highest BCUT2D eigenvalue weighted by Crippen LogP contribution is 2.61. The van der Waals surface area contributed by atoms with Crippen molar-refractivity contribution in [3.63, 3.8) is 0 Å². The molecule has 0 radical (unpaired) electrons. The Morgan fingerprint density at radius 3 is 2.50 bits per heavy atom. The molecule has 162 valence electrons. The molecule has 2 atom stereocenters. The van der Waals surface area contributed by atoms with Gasteiger partial charge in [-0.05, 0) is 62.8 Å². The Balaban J connectivity index is 1.40. The second-order valence-corrected chi connectivity index (χ2v) is 9.19. The number of esters is 1. The Kier molecular flexibility index (Phi) is 4.96. The average Bonchev–Trinajstić information content (AvgIpc) is 2.65. The summed E-state index contributed by atoms with van der Waals surface area (Å²) < 4.78 is 10.4. The van der Waals surface area contributed by atoms with E-state index in [1.807, 2.05) is 0 Å². The molecule has 1 amide bonds. The second kappa shape index (κ2) is 7.23. The van der Waals surface area contributed by atoms with Crippen molar-refractivity contribution in [3.8, 4) is 5.75 Å². The van der Waals surface area contributed by atoms with Crippen LogP contribution in [0.3, 0.4) is 0 Å². The molecule has 2 N–H and O–H groups in total. The van der Waals surface area contributed by atoms with Crippen LogP contribution in [-0.2, 0) is 14.3 Å². The van der Waals surface area contributed by atoms with Gasteiger partial charge in [0, 0.05) is 17.8 Å². The number of aliphatic hydroxyl groups is 1. The van der Waals surface area contributed by atoms with E-state index in [0.717, 1.165) is 19.3 Å². The van der Waals surface area contributed by atoms with Gasteiger partial charge in [0.15, 0.2) is 12.4 Å². The fourth-order valence-corrected chi connectivity index (χ4v) is 6.04. The normalized spacial score (nSPS) is 31.3. The summed E-state index contributed by atoms with van der Waals surface area (Å²) in [5.74, 6) is -0.241. The van der Waals surface area contributed by atoms with Crippen LogP contribution in [0.5, 0.6) is 5.75 Å². The third-order valence-electron chi connectivity index (χ3n) is 6.79. The van der Waals surface area contributed by atoms with Gasteiger partial charge in [-0.1, -0.05) is 0 Å². The molecule has 9 heteroatoms. The van der Waals surface area contributed by atoms with Crippen LogP contribution in [0.1, 0.15) is 44.1 Å². The number of nitrogens with one attached hydrogen (secondary N) is 1. The minimum absolute atomic E-state index is 0.0275. The molecule has 4 aliphatic carbocycles. The lowest BCUT2D eigenvalue weighted by Crippen LogP contribution is -2.58. The predicted molar refractivity (Wildman–Crippen MR) is 106 cm³/mol. The van der Waals surface area contributed by atoms with E-state index in [9.17, 15) is 24.8 Å². The van der Waals surface area contributed by atoms with Gasteiger partial charge in [0.1, 0.15) is 0 Å². The number of aryl methyl sites for hydroxylation is 1. The molecule has 0 saturated heterocycles. The van der Waals surface area contributed by atoms with Crippen molar-refractivity contribution >= 4 is 23.3 Å². The van der Waals surface area contributed by atoms with Gasteiger partial charge in [-0.3, -0.25) is 19.7 Å². The average molecular weight is 418 g/mol. The smallest absolute Gasteiger partial charge is 0.312 e. The van der Waals surface area contributed by atoms with Gasteiger partial charge < -0.3 is 19.9 Å². The molecule has 5 rings (SSSR count). The zero-order chi connectivity index (χ0) is 21.7. The van der Waals surface area contributed by atoms with E-state index in [-0.39, 0.29) is 11.4 Å². The molecule has 0 aliphatic heterocycles. The van der Waals surface area contributed by atoms with Crippen molar-refractivity contribution in [2.24, 2.45) is 17.3 Å². The number of amides is 1. The summed E-state index contributed by atoms with van der Waals surface area (Å²) in [6.07, 6.45) is 4.39. The Hall–Kier alpha value is -2.68. The molecule has 30 heavy (non-hydrogen) atoms. The zero-order valence-electron chi connectivity index (χ0n) is 17.1. The number of anilines is 1. The maximum Gasteiger partial charge on any atom is 0.312 e. The summed E-state index contributed by atoms with van der Waals surface area (Å²) in [4.78, 5) is 35.8. The summed E-state index contributed by atoms with van der Waals surface area (Å²) in [7, 11) is 1.31. The number of rotatable bonds is 6. The van der Waals surface area contributed by atoms with Gasteiger partial charge in [0.25, 0.3) is 5.91 Å². The van der Waals surface area contributed by atoms with Gasteiger partial charge in [-0.2, -0.15) is 0 Å². The number of carbonyl (C=O) groups is 2. The van der Waals surface area contributed by atoms with Crippen molar-refractivity contribution < 1.29 is 29.1 Å². The van der Waals surface area contributed by atoms with Crippen LogP contribution in [0.4, 0.5) is 11.4 Å². The van der Waals surface area contributed by atoms with E-state index < -0.39 is 34.4 Å². The number of nitro groups is 1. The van der Waals surface area contributed by atoms with E-state index in [2.05, 4.69) is 5.32 Å². The molecule has 4 saturated carbocycles. The number of benzene rings is 1. The van der Waals surface area contributed by atoms with Gasteiger partial charge in [-0.25, -0.2) is 0 Å². The van der Waals surface area contributed by atoms with Crippen molar-refractivity contribution in [2.75, 3.05) is 19.0 Å². The van der Waals surface area contributed by atoms with Gasteiger partial charge >= 0.3 is 11.7 Å². The van der Waals surface area contributed by atoms with E-state index in [4.69, 9.17) is 9.47 Å². The largest absolute Gasteiger partial charge is 0.490 e. The van der Waals surface area contributed by atoms with Crippen LogP contribution in [0.15, 0.2) is 12.1 Å². The van der Waals surface area contributed by atoms with Crippen LogP contribution in [0.2, 0.25) is 0 Å². The summed E-state index contributed by atoms with van der Waals surface area (Å²) in [5.41, 5.74) is -0.823. The predicted octanol–water partition coefficient (Wildman–Crippen LogP) is 2.72. The third-order valence-corrected chi connectivity index (χ3v) is 6.79. The maximum atomic E-state index is 12.9. The molecule has 9 nitrogen and oxygen atoms in total. The van der Waals surface area contributed by atoms with Crippen molar-refractivity contribution in [1.82, 2.24) is 0 Å². The highest BCUT2D eigenvalue weighted by Gasteiger charge is 2.60. The van der Waals surface area contributed by atoms with Crippen molar-refractivity contribution in [1.29, 1.82) is 0 Å². The third kappa shape index (κ3) is 3.62. The Morgan fingerprint density at radius 2 is 1.93 bits per heavy atom. The number of nitrogens with zero attached hydrogens (tertiary/aromatic N) is 1. The fraction of sp³-hybridized carbons (Fsp3) is 0.619. The molecule has 0 spiro atoms. The monoisotopic (exact) mass is 418 g/mol. The first-order valence-electron chi connectivity index (χ1n) is 10.2. The quantitative estimate of drug-likeness (QED) is 0.413. The molecule has 1 aromatic carbocycles. The van der Waals surface area contributed by atoms with Crippen LogP contribution in [0.25, 0.3) is 0 Å². The molecular weight excluding hydrogens is 392 g/mol. The maximum absolute atomic E-state index is 12.9. The lowest BCUT2D eigenvalue weighted by atomic mass is 9.48. The lowest BCUT2D eigenvalue weighted by Gasteiger charge is -2.58. The number of methoxy groups -OCH3 is 1. The van der Waals surface area contributed by atoms with E-state index in [1.54, 1.807) is 6.92 Å². The van der Waals surface area contributed by atoms with E-state index in [0.29, 0.717) is 42.3 Å². The molecule has 1 aromatic rings. The molecular formula is C21H26N2O7. The summed E-state index contributed by atoms with van der Waals surface area (Å²) >= 11 is 0. The molecule has 4 fully saturated rings. The SMILES string of the molecule is COc1cc(NC(=O)COC(=O)C23CC4CC(CC(O)(C4)C2)C3)c(C)cc1[N+](=O)[O-]. The molecule has 2 unspecified atom stereocenters. The van der Waals surface area contributed by atoms with Crippen molar-refractivity contribution in [2.45, 2.75) is 51.0 Å². The second-order valence-electron chi connectivity index (χ2n) is 9.19. The minimum atomic E-state index is -0.780. The first kappa shape index (κ1) is 20.6. The summed E-state index contributed by atoms with van der Waals surface area (Å²) in [5, 5.41) is 24.5. The molecule has 4 bridgehead atoms. The fourth-order valence-electron chi connectivity index (χ4n) is 6.04. The van der Waals surface area contributed by atoms with E-state index >= 15 is 0 Å². The highest BCUT2D eigenvalue weighted by atomic mass is 16.6. The Labute approximate surface area is 173 Å². The number of hydrogen-bond acceptors (Lipinski definition) is 7. The van der Waals surface area contributed by atoms with Gasteiger partial charge in [-0.15, -0.1) is 0 Å². The van der Waals surface area contributed by atoms with Crippen LogP contribution < -0.4 is 10.1 Å². The highest BCUT2D eigenvalue weighted by molar-refractivity contribution is 5.94. The number of carbonyl (C=O) groups excluding carboxylic acids is 2. The molecule has 0 aromatic heterocycles. The first-order valence-corrected chi connectivity index (χ1v) is 10.2. The topological polar surface area (TPSA) is 128 Å². The summed E-state index contributed by atoms with van der Waals surface area (Å²) in [6, 6.07) is 2.69. The van der Waals surface area contributed by atoms with Crippen LogP contribution >= 0.6 is 0 Å². The van der Waals surface area contributed by atoms with Gasteiger partial charge in [0.05, 0.1) is 23.0 Å². The lowest BCUT2D eigenvalue weighted by molar-refractivity contribution is -0.385. The van der Waals surface area contributed by atoms with E-state index in [1.165, 1.54) is 19.2 Å². The first-order chi connectivity index (χ1) is 14.1. The zero-order valence-corrected chi connectivity index (χ0v) is 17.1. The van der Waals surface area contributed by atoms with Crippen LogP contribution in [-0.4, -0.2) is 41.2 Å². The van der Waals surface area contributed by atoms with Crippen LogP contribution in [0, 0.1) is 34.3 Å². The number of nitro benzene ring substituents is 1.